The first kappa shape index (κ1) is 76.1. The lowest BCUT2D eigenvalue weighted by molar-refractivity contribution is -0.918. The minimum atomic E-state index is -0.200. The van der Waals surface area contributed by atoms with Crippen molar-refractivity contribution < 1.29 is 18.6 Å². The van der Waals surface area contributed by atoms with E-state index in [1.54, 1.807) is 0 Å². The van der Waals surface area contributed by atoms with E-state index in [1.165, 1.54) is 219 Å². The standard InChI is InChI=1S/C66H136N10O2/c1-7-9-11-13-15-17-19-21-23-25-27-29-31-33-35-37-53-75(5,60-62(3)57-73-65(77)59-71-51-43-47-68)55-39-40-56-76(6,54-38-36-34-32-30-28-26-24-22-20-18-16-14-12-10-8-2)61-63(4)58-74-66(78)64(72-52-44-48-69)45-41-49-70-50-42-46-67/h21-24,62-64,70-72H,7-20,25-61,67-69H2,1-6H3/p+2/b23-21-,24-22+. The summed E-state index contributed by atoms with van der Waals surface area (Å²) in [7, 11) is 4.99. The average molecular weight is 1100 g/mol. The van der Waals surface area contributed by atoms with E-state index in [0.29, 0.717) is 44.6 Å². The summed E-state index contributed by atoms with van der Waals surface area (Å²) < 4.78 is 2.13. The summed E-state index contributed by atoms with van der Waals surface area (Å²) in [6.45, 7) is 23.2. The monoisotopic (exact) mass is 1100 g/mol. The Kier molecular flexibility index (Phi) is 55.6. The molecule has 0 radical (unpaired) electrons. The van der Waals surface area contributed by atoms with Gasteiger partial charge in [0.1, 0.15) is 0 Å². The zero-order chi connectivity index (χ0) is 57.3. The quantitative estimate of drug-likeness (QED) is 0.0169. The van der Waals surface area contributed by atoms with Crippen LogP contribution in [-0.2, 0) is 9.59 Å². The first-order valence-corrected chi connectivity index (χ1v) is 33.7. The van der Waals surface area contributed by atoms with Gasteiger partial charge in [-0.05, 0) is 155 Å². The average Bonchev–Trinajstić information content (AvgIpc) is 3.42. The van der Waals surface area contributed by atoms with E-state index in [0.717, 1.165) is 86.9 Å². The highest BCUT2D eigenvalue weighted by Gasteiger charge is 2.28. The molecule has 78 heavy (non-hydrogen) atoms. The van der Waals surface area contributed by atoms with Crippen LogP contribution >= 0.6 is 0 Å². The number of unbranched alkanes of at least 4 members (excludes halogenated alkanes) is 25. The maximum atomic E-state index is 13.7. The van der Waals surface area contributed by atoms with Crippen LogP contribution in [0.3, 0.4) is 0 Å². The van der Waals surface area contributed by atoms with E-state index < -0.39 is 0 Å². The fourth-order valence-electron chi connectivity index (χ4n) is 11.4. The van der Waals surface area contributed by atoms with Crippen molar-refractivity contribution in [3.63, 3.8) is 0 Å². The Hall–Kier alpha value is -1.90. The van der Waals surface area contributed by atoms with Crippen LogP contribution in [0.2, 0.25) is 0 Å². The van der Waals surface area contributed by atoms with Crippen LogP contribution < -0.4 is 43.8 Å². The Morgan fingerprint density at radius 3 is 1.19 bits per heavy atom. The third kappa shape index (κ3) is 51.0. The molecule has 2 amide bonds. The molecular weight excluding hydrogens is 965 g/mol. The molecule has 462 valence electrons. The molecule has 0 saturated heterocycles. The summed E-state index contributed by atoms with van der Waals surface area (Å²) in [6, 6.07) is -0.200. The number of quaternary nitrogens is 2. The largest absolute Gasteiger partial charge is 0.355 e. The van der Waals surface area contributed by atoms with Crippen molar-refractivity contribution in [2.24, 2.45) is 29.0 Å². The smallest absolute Gasteiger partial charge is 0.237 e. The molecule has 0 aromatic carbocycles. The second-order valence-corrected chi connectivity index (χ2v) is 24.8. The number of carbonyl (C=O) groups is 2. The van der Waals surface area contributed by atoms with Crippen LogP contribution in [0, 0.1) is 11.8 Å². The molecule has 0 bridgehead atoms. The Labute approximate surface area is 485 Å². The minimum absolute atomic E-state index is 0.0789. The summed E-state index contributed by atoms with van der Waals surface area (Å²) in [6.07, 6.45) is 53.8. The molecule has 11 N–H and O–H groups in total. The van der Waals surface area contributed by atoms with E-state index in [9.17, 15) is 9.59 Å². The van der Waals surface area contributed by atoms with E-state index in [-0.39, 0.29) is 17.9 Å². The van der Waals surface area contributed by atoms with Crippen molar-refractivity contribution in [3.05, 3.63) is 24.3 Å². The van der Waals surface area contributed by atoms with Crippen molar-refractivity contribution in [3.8, 4) is 0 Å². The molecule has 0 fully saturated rings. The number of allylic oxidation sites excluding steroid dienone is 4. The number of rotatable bonds is 62. The number of amides is 2. The highest BCUT2D eigenvalue weighted by atomic mass is 16.2. The summed E-state index contributed by atoms with van der Waals surface area (Å²) in [4.78, 5) is 26.4. The molecule has 0 aliphatic rings. The van der Waals surface area contributed by atoms with Gasteiger partial charge in [0.05, 0.1) is 66.0 Å². The molecule has 0 heterocycles. The third-order valence-corrected chi connectivity index (χ3v) is 16.2. The predicted octanol–water partition coefficient (Wildman–Crippen LogP) is 12.2. The second-order valence-electron chi connectivity index (χ2n) is 24.8. The van der Waals surface area contributed by atoms with Crippen LogP contribution in [-0.4, -0.2) is 146 Å². The zero-order valence-corrected chi connectivity index (χ0v) is 53.0. The van der Waals surface area contributed by atoms with Gasteiger partial charge in [-0.3, -0.25) is 9.59 Å². The molecule has 0 aromatic rings. The van der Waals surface area contributed by atoms with Gasteiger partial charge in [-0.1, -0.05) is 155 Å². The van der Waals surface area contributed by atoms with Crippen LogP contribution in [0.1, 0.15) is 252 Å². The van der Waals surface area contributed by atoms with Gasteiger partial charge in [0, 0.05) is 37.8 Å². The van der Waals surface area contributed by atoms with Gasteiger partial charge in [-0.2, -0.15) is 0 Å². The molecule has 12 heteroatoms. The summed E-state index contributed by atoms with van der Waals surface area (Å²) >= 11 is 0. The molecule has 0 aliphatic carbocycles. The highest BCUT2D eigenvalue weighted by molar-refractivity contribution is 5.81. The van der Waals surface area contributed by atoms with Crippen molar-refractivity contribution in [1.29, 1.82) is 0 Å². The molecule has 12 nitrogen and oxygen atoms in total. The lowest BCUT2D eigenvalue weighted by Gasteiger charge is -2.39. The molecule has 0 aromatic heterocycles. The highest BCUT2D eigenvalue weighted by Crippen LogP contribution is 2.19. The molecule has 5 unspecified atom stereocenters. The van der Waals surface area contributed by atoms with E-state index in [2.05, 4.69) is 92.7 Å². The minimum Gasteiger partial charge on any atom is -0.355 e. The van der Waals surface area contributed by atoms with E-state index >= 15 is 0 Å². The topological polar surface area (TPSA) is 172 Å². The molecule has 0 rings (SSSR count). The van der Waals surface area contributed by atoms with Gasteiger partial charge in [0.2, 0.25) is 11.8 Å². The molecule has 0 aliphatic heterocycles. The number of carbonyl (C=O) groups excluding carboxylic acids is 2. The number of nitrogens with two attached hydrogens (primary N) is 3. The van der Waals surface area contributed by atoms with Gasteiger partial charge in [0.15, 0.2) is 0 Å². The lowest BCUT2D eigenvalue weighted by Crippen LogP contribution is -2.52. The Morgan fingerprint density at radius 2 is 0.769 bits per heavy atom. The summed E-state index contributed by atoms with van der Waals surface area (Å²) in [5.74, 6) is 0.967. The van der Waals surface area contributed by atoms with Crippen LogP contribution in [0.4, 0.5) is 0 Å². The Morgan fingerprint density at radius 1 is 0.423 bits per heavy atom. The molecule has 0 spiro atoms. The third-order valence-electron chi connectivity index (χ3n) is 16.2. The SMILES string of the molecule is CCCCCCCC/C=C\CCCCCCCC[N+](C)(CCCC[N+](C)(CCCCCCCC/C=C/CCCCCCCC)CC(C)CNC(=O)C(CCCNCCCN)NCCCN)CC(C)CNC(=O)CNCCCN. The Balaban J connectivity index is 5.58. The normalized spacial score (nSPS) is 14.7. The Bertz CT molecular complexity index is 1350. The van der Waals surface area contributed by atoms with Gasteiger partial charge in [-0.15, -0.1) is 0 Å². The number of hydrogen-bond acceptors (Lipinski definition) is 8. The second kappa shape index (κ2) is 56.9. The fraction of sp³-hybridized carbons (Fsp3) is 0.909. The van der Waals surface area contributed by atoms with Crippen LogP contribution in [0.5, 0.6) is 0 Å². The van der Waals surface area contributed by atoms with Gasteiger partial charge < -0.3 is 52.8 Å². The zero-order valence-electron chi connectivity index (χ0n) is 53.0. The molecular formula is C66H138N10O2+2. The van der Waals surface area contributed by atoms with E-state index in [4.69, 9.17) is 17.2 Å². The van der Waals surface area contributed by atoms with E-state index in [1.807, 2.05) is 0 Å². The van der Waals surface area contributed by atoms with Crippen molar-refractivity contribution in [2.75, 3.05) is 119 Å². The number of hydrogen-bond donors (Lipinski definition) is 8. The fourth-order valence-corrected chi connectivity index (χ4v) is 11.4. The first-order chi connectivity index (χ1) is 38.0. The van der Waals surface area contributed by atoms with Crippen molar-refractivity contribution in [1.82, 2.24) is 26.6 Å². The van der Waals surface area contributed by atoms with Crippen LogP contribution in [0.25, 0.3) is 0 Å². The van der Waals surface area contributed by atoms with Gasteiger partial charge in [0.25, 0.3) is 0 Å². The van der Waals surface area contributed by atoms with Crippen molar-refractivity contribution in [2.45, 2.75) is 258 Å². The van der Waals surface area contributed by atoms with Gasteiger partial charge >= 0.3 is 0 Å². The predicted molar refractivity (Wildman–Crippen MR) is 342 cm³/mol. The first-order valence-electron chi connectivity index (χ1n) is 33.7. The maximum Gasteiger partial charge on any atom is 0.237 e. The number of nitrogens with zero attached hydrogens (tertiary/aromatic N) is 2. The van der Waals surface area contributed by atoms with Crippen LogP contribution in [0.15, 0.2) is 24.3 Å². The molecule has 0 saturated carbocycles. The lowest BCUT2D eigenvalue weighted by atomic mass is 10.0. The van der Waals surface area contributed by atoms with Crippen molar-refractivity contribution >= 4 is 11.8 Å². The maximum absolute atomic E-state index is 13.7. The summed E-state index contributed by atoms with van der Waals surface area (Å²) in [5, 5.41) is 16.8. The molecule has 5 atom stereocenters. The number of nitrogens with one attached hydrogen (secondary N) is 5. The van der Waals surface area contributed by atoms with Gasteiger partial charge in [-0.25, -0.2) is 0 Å². The summed E-state index contributed by atoms with van der Waals surface area (Å²) in [5.41, 5.74) is 17.2.